The molecule has 1 unspecified atom stereocenters. The number of nitrogens with one attached hydrogen (secondary N) is 2. The molecule has 96 valence electrons. The number of amides is 2. The third kappa shape index (κ3) is 2.34. The standard InChI is InChI=1S/C11H14N4O3/c16-8-4-3-7(5-12-8)9(17)13-11-15-14-10(18-11)6-1-2-6/h6-7H,1-5H2,(H,12,16)(H,13,15,17). The van der Waals surface area contributed by atoms with E-state index in [1.807, 2.05) is 0 Å². The summed E-state index contributed by atoms with van der Waals surface area (Å²) >= 11 is 0. The zero-order valence-corrected chi connectivity index (χ0v) is 9.81. The van der Waals surface area contributed by atoms with Crippen LogP contribution in [-0.2, 0) is 9.59 Å². The highest BCUT2D eigenvalue weighted by atomic mass is 16.4. The van der Waals surface area contributed by atoms with Crippen LogP contribution in [0.4, 0.5) is 6.01 Å². The van der Waals surface area contributed by atoms with Crippen LogP contribution in [0.5, 0.6) is 0 Å². The van der Waals surface area contributed by atoms with Gasteiger partial charge in [0.25, 0.3) is 0 Å². The average molecular weight is 250 g/mol. The number of carbonyl (C=O) groups is 2. The largest absolute Gasteiger partial charge is 0.408 e. The van der Waals surface area contributed by atoms with Crippen molar-refractivity contribution in [2.75, 3.05) is 11.9 Å². The van der Waals surface area contributed by atoms with Crippen LogP contribution in [0.2, 0.25) is 0 Å². The highest BCUT2D eigenvalue weighted by Gasteiger charge is 2.30. The number of anilines is 1. The number of rotatable bonds is 3. The number of aromatic nitrogens is 2. The summed E-state index contributed by atoms with van der Waals surface area (Å²) in [6.07, 6.45) is 3.09. The molecule has 0 bridgehead atoms. The van der Waals surface area contributed by atoms with Crippen LogP contribution < -0.4 is 10.6 Å². The van der Waals surface area contributed by atoms with Crippen molar-refractivity contribution in [3.8, 4) is 0 Å². The Bertz CT molecular complexity index is 470. The summed E-state index contributed by atoms with van der Waals surface area (Å²) in [7, 11) is 0. The minimum absolute atomic E-state index is 0.00661. The van der Waals surface area contributed by atoms with E-state index in [1.54, 1.807) is 0 Å². The Morgan fingerprint density at radius 1 is 1.33 bits per heavy atom. The van der Waals surface area contributed by atoms with Gasteiger partial charge in [-0.3, -0.25) is 14.9 Å². The Labute approximate surface area is 103 Å². The Morgan fingerprint density at radius 2 is 2.17 bits per heavy atom. The van der Waals surface area contributed by atoms with Gasteiger partial charge >= 0.3 is 6.01 Å². The van der Waals surface area contributed by atoms with Crippen molar-refractivity contribution in [3.05, 3.63) is 5.89 Å². The molecule has 3 rings (SSSR count). The second-order valence-electron chi connectivity index (χ2n) is 4.75. The summed E-state index contributed by atoms with van der Waals surface area (Å²) in [5.74, 6) is 0.562. The van der Waals surface area contributed by atoms with Gasteiger partial charge in [0.2, 0.25) is 17.7 Å². The van der Waals surface area contributed by atoms with E-state index in [2.05, 4.69) is 20.8 Å². The van der Waals surface area contributed by atoms with Crippen LogP contribution in [0.1, 0.15) is 37.5 Å². The summed E-state index contributed by atoms with van der Waals surface area (Å²) in [6, 6.07) is 0.152. The molecule has 1 saturated carbocycles. The fourth-order valence-electron chi connectivity index (χ4n) is 1.94. The van der Waals surface area contributed by atoms with Crippen LogP contribution in [0.25, 0.3) is 0 Å². The van der Waals surface area contributed by atoms with Crippen LogP contribution >= 0.6 is 0 Å². The average Bonchev–Trinajstić information content (AvgIpc) is 3.11. The minimum Gasteiger partial charge on any atom is -0.408 e. The SMILES string of the molecule is O=C1CCC(C(=O)Nc2nnc(C3CC3)o2)CN1. The summed E-state index contributed by atoms with van der Waals surface area (Å²) in [6.45, 7) is 0.369. The fraction of sp³-hybridized carbons (Fsp3) is 0.636. The van der Waals surface area contributed by atoms with Crippen LogP contribution in [0.3, 0.4) is 0 Å². The number of nitrogens with zero attached hydrogens (tertiary/aromatic N) is 2. The maximum absolute atomic E-state index is 11.9. The molecule has 2 N–H and O–H groups in total. The van der Waals surface area contributed by atoms with Gasteiger partial charge in [-0.2, -0.15) is 0 Å². The van der Waals surface area contributed by atoms with E-state index in [4.69, 9.17) is 4.42 Å². The lowest BCUT2D eigenvalue weighted by Crippen LogP contribution is -2.40. The van der Waals surface area contributed by atoms with Gasteiger partial charge < -0.3 is 9.73 Å². The molecule has 1 aromatic rings. The van der Waals surface area contributed by atoms with Crippen molar-refractivity contribution in [3.63, 3.8) is 0 Å². The molecule has 1 atom stereocenters. The summed E-state index contributed by atoms with van der Waals surface area (Å²) in [4.78, 5) is 22.9. The quantitative estimate of drug-likeness (QED) is 0.809. The molecule has 2 fully saturated rings. The first kappa shape index (κ1) is 11.2. The Balaban J connectivity index is 1.57. The molecule has 0 radical (unpaired) electrons. The monoisotopic (exact) mass is 250 g/mol. The lowest BCUT2D eigenvalue weighted by molar-refractivity contribution is -0.126. The van der Waals surface area contributed by atoms with E-state index in [-0.39, 0.29) is 23.7 Å². The molecule has 1 aliphatic carbocycles. The molecule has 0 spiro atoms. The zero-order chi connectivity index (χ0) is 12.5. The molecular formula is C11H14N4O3. The second kappa shape index (κ2) is 4.40. The van der Waals surface area contributed by atoms with Crippen LogP contribution in [0, 0.1) is 5.92 Å². The van der Waals surface area contributed by atoms with Gasteiger partial charge in [-0.05, 0) is 19.3 Å². The topological polar surface area (TPSA) is 97.1 Å². The first-order valence-corrected chi connectivity index (χ1v) is 6.13. The second-order valence-corrected chi connectivity index (χ2v) is 4.75. The number of hydrogen-bond donors (Lipinski definition) is 2. The molecule has 2 heterocycles. The minimum atomic E-state index is -0.223. The zero-order valence-electron chi connectivity index (χ0n) is 9.81. The van der Waals surface area contributed by atoms with E-state index < -0.39 is 0 Å². The van der Waals surface area contributed by atoms with E-state index >= 15 is 0 Å². The van der Waals surface area contributed by atoms with Gasteiger partial charge in [0.05, 0.1) is 5.92 Å². The predicted molar refractivity (Wildman–Crippen MR) is 60.6 cm³/mol. The fourth-order valence-corrected chi connectivity index (χ4v) is 1.94. The van der Waals surface area contributed by atoms with Crippen LogP contribution in [0.15, 0.2) is 4.42 Å². The normalized spacial score (nSPS) is 23.6. The Kier molecular flexibility index (Phi) is 2.73. The van der Waals surface area contributed by atoms with Crippen molar-refractivity contribution >= 4 is 17.8 Å². The van der Waals surface area contributed by atoms with Gasteiger partial charge in [0.1, 0.15) is 0 Å². The molecule has 0 aromatic carbocycles. The molecule has 18 heavy (non-hydrogen) atoms. The van der Waals surface area contributed by atoms with Gasteiger partial charge in [-0.25, -0.2) is 0 Å². The van der Waals surface area contributed by atoms with Crippen molar-refractivity contribution in [1.82, 2.24) is 15.5 Å². The highest BCUT2D eigenvalue weighted by Crippen LogP contribution is 2.39. The number of hydrogen-bond acceptors (Lipinski definition) is 5. The Hall–Kier alpha value is -1.92. The maximum Gasteiger partial charge on any atom is 0.322 e. The smallest absolute Gasteiger partial charge is 0.322 e. The molecular weight excluding hydrogens is 236 g/mol. The van der Waals surface area contributed by atoms with Gasteiger partial charge in [-0.15, -0.1) is 5.10 Å². The van der Waals surface area contributed by atoms with Gasteiger partial charge in [0, 0.05) is 18.9 Å². The molecule has 2 amide bonds. The summed E-state index contributed by atoms with van der Waals surface area (Å²) in [5.41, 5.74) is 0. The first-order valence-electron chi connectivity index (χ1n) is 6.13. The molecule has 1 aromatic heterocycles. The summed E-state index contributed by atoms with van der Waals surface area (Å²) in [5, 5.41) is 12.9. The Morgan fingerprint density at radius 3 is 2.83 bits per heavy atom. The predicted octanol–water partition coefficient (Wildman–Crippen LogP) is 0.412. The van der Waals surface area contributed by atoms with Crippen molar-refractivity contribution in [1.29, 1.82) is 0 Å². The third-order valence-electron chi connectivity index (χ3n) is 3.23. The maximum atomic E-state index is 11.9. The van der Waals surface area contributed by atoms with Crippen molar-refractivity contribution in [2.24, 2.45) is 5.92 Å². The third-order valence-corrected chi connectivity index (χ3v) is 3.23. The van der Waals surface area contributed by atoms with E-state index in [0.717, 1.165) is 12.8 Å². The van der Waals surface area contributed by atoms with E-state index in [1.165, 1.54) is 0 Å². The van der Waals surface area contributed by atoms with Crippen molar-refractivity contribution < 1.29 is 14.0 Å². The first-order chi connectivity index (χ1) is 8.72. The molecule has 7 nitrogen and oxygen atoms in total. The van der Waals surface area contributed by atoms with Gasteiger partial charge in [0.15, 0.2) is 0 Å². The molecule has 7 heteroatoms. The highest BCUT2D eigenvalue weighted by molar-refractivity contribution is 5.92. The van der Waals surface area contributed by atoms with E-state index in [0.29, 0.717) is 31.2 Å². The molecule has 2 aliphatic rings. The van der Waals surface area contributed by atoms with Crippen LogP contribution in [-0.4, -0.2) is 28.6 Å². The van der Waals surface area contributed by atoms with Crippen molar-refractivity contribution in [2.45, 2.75) is 31.6 Å². The molecule has 1 aliphatic heterocycles. The summed E-state index contributed by atoms with van der Waals surface area (Å²) < 4.78 is 5.35. The molecule has 1 saturated heterocycles. The van der Waals surface area contributed by atoms with E-state index in [9.17, 15) is 9.59 Å². The lowest BCUT2D eigenvalue weighted by atomic mass is 9.98. The lowest BCUT2D eigenvalue weighted by Gasteiger charge is -2.20. The number of piperidine rings is 1. The number of carbonyl (C=O) groups excluding carboxylic acids is 2. The van der Waals surface area contributed by atoms with Gasteiger partial charge in [-0.1, -0.05) is 5.10 Å².